The first kappa shape index (κ1) is 17.8. The summed E-state index contributed by atoms with van der Waals surface area (Å²) in [5.74, 6) is 0.281. The molecule has 132 valence electrons. The standard InChI is InChI=1S/C15H22N4O5/c20-10-2-1-3-12(8-10)24-15(23)18-7-6-17-14(22)19-13-9-11(21)4-5-16-13/h4-5,9-10,12,20H,1-3,6-8H2,(H,18,23)(H3,16,17,19,21,22). The average Bonchev–Trinajstić information content (AvgIpc) is 2.51. The maximum atomic E-state index is 11.6. The van der Waals surface area contributed by atoms with Crippen molar-refractivity contribution in [3.05, 3.63) is 28.6 Å². The van der Waals surface area contributed by atoms with Crippen molar-refractivity contribution < 1.29 is 19.4 Å². The van der Waals surface area contributed by atoms with Gasteiger partial charge in [0.25, 0.3) is 0 Å². The zero-order chi connectivity index (χ0) is 17.4. The van der Waals surface area contributed by atoms with Crippen molar-refractivity contribution >= 4 is 17.9 Å². The van der Waals surface area contributed by atoms with Crippen LogP contribution in [0.15, 0.2) is 23.1 Å². The summed E-state index contributed by atoms with van der Waals surface area (Å²) in [6.45, 7) is 0.401. The van der Waals surface area contributed by atoms with E-state index in [1.807, 2.05) is 0 Å². The number of aliphatic hydroxyl groups excluding tert-OH is 1. The Balaban J connectivity index is 1.59. The molecule has 0 bridgehead atoms. The van der Waals surface area contributed by atoms with Crippen LogP contribution in [0.3, 0.4) is 0 Å². The monoisotopic (exact) mass is 338 g/mol. The van der Waals surface area contributed by atoms with Gasteiger partial charge in [-0.05, 0) is 19.3 Å². The lowest BCUT2D eigenvalue weighted by atomic mass is 9.95. The molecule has 0 aliphatic heterocycles. The fraction of sp³-hybridized carbons (Fsp3) is 0.533. The number of hydrogen-bond acceptors (Lipinski definition) is 5. The summed E-state index contributed by atoms with van der Waals surface area (Å²) in [7, 11) is 0. The Labute approximate surface area is 138 Å². The van der Waals surface area contributed by atoms with E-state index in [-0.39, 0.29) is 30.4 Å². The van der Waals surface area contributed by atoms with E-state index in [2.05, 4.69) is 20.9 Å². The maximum absolute atomic E-state index is 11.6. The topological polar surface area (TPSA) is 133 Å². The largest absolute Gasteiger partial charge is 0.446 e. The molecular weight excluding hydrogens is 316 g/mol. The molecule has 2 atom stereocenters. The van der Waals surface area contributed by atoms with Crippen LogP contribution in [-0.2, 0) is 4.74 Å². The molecular formula is C15H22N4O5. The molecule has 1 fully saturated rings. The number of carbonyl (C=O) groups is 2. The van der Waals surface area contributed by atoms with Gasteiger partial charge < -0.3 is 25.5 Å². The van der Waals surface area contributed by atoms with Crippen molar-refractivity contribution in [2.24, 2.45) is 0 Å². The highest BCUT2D eigenvalue weighted by Crippen LogP contribution is 2.20. The van der Waals surface area contributed by atoms with Crippen LogP contribution >= 0.6 is 0 Å². The molecule has 0 radical (unpaired) electrons. The lowest BCUT2D eigenvalue weighted by Crippen LogP contribution is -2.39. The van der Waals surface area contributed by atoms with Gasteiger partial charge in [-0.1, -0.05) is 0 Å². The minimum atomic E-state index is -0.566. The number of anilines is 1. The summed E-state index contributed by atoms with van der Waals surface area (Å²) in [6, 6.07) is 2.10. The van der Waals surface area contributed by atoms with E-state index in [1.165, 1.54) is 18.3 Å². The number of H-pyrrole nitrogens is 1. The van der Waals surface area contributed by atoms with E-state index in [0.717, 1.165) is 19.3 Å². The molecule has 24 heavy (non-hydrogen) atoms. The van der Waals surface area contributed by atoms with Crippen molar-refractivity contribution in [1.82, 2.24) is 15.6 Å². The Bertz CT molecular complexity index is 618. The second-order valence-corrected chi connectivity index (χ2v) is 5.59. The van der Waals surface area contributed by atoms with Gasteiger partial charge in [0.2, 0.25) is 0 Å². The van der Waals surface area contributed by atoms with Crippen molar-refractivity contribution in [3.63, 3.8) is 0 Å². The summed E-state index contributed by atoms with van der Waals surface area (Å²) in [4.78, 5) is 37.1. The summed E-state index contributed by atoms with van der Waals surface area (Å²) >= 11 is 0. The first-order valence-corrected chi connectivity index (χ1v) is 7.89. The first-order valence-electron chi connectivity index (χ1n) is 7.89. The van der Waals surface area contributed by atoms with Gasteiger partial charge in [-0.15, -0.1) is 0 Å². The van der Waals surface area contributed by atoms with Crippen molar-refractivity contribution in [2.75, 3.05) is 18.4 Å². The molecule has 3 amide bonds. The third-order valence-corrected chi connectivity index (χ3v) is 3.57. The highest BCUT2D eigenvalue weighted by Gasteiger charge is 2.23. The molecule has 1 aliphatic carbocycles. The molecule has 1 heterocycles. The van der Waals surface area contributed by atoms with Crippen LogP contribution in [0.1, 0.15) is 25.7 Å². The van der Waals surface area contributed by atoms with Crippen LogP contribution in [0.25, 0.3) is 0 Å². The van der Waals surface area contributed by atoms with Gasteiger partial charge in [-0.25, -0.2) is 9.59 Å². The van der Waals surface area contributed by atoms with Gasteiger partial charge >= 0.3 is 12.1 Å². The number of pyridine rings is 1. The van der Waals surface area contributed by atoms with E-state index >= 15 is 0 Å². The highest BCUT2D eigenvalue weighted by molar-refractivity contribution is 5.88. The van der Waals surface area contributed by atoms with Crippen molar-refractivity contribution in [3.8, 4) is 0 Å². The Morgan fingerprint density at radius 1 is 1.29 bits per heavy atom. The molecule has 1 aliphatic rings. The number of rotatable bonds is 5. The molecule has 2 rings (SSSR count). The number of ether oxygens (including phenoxy) is 1. The minimum Gasteiger partial charge on any atom is -0.446 e. The molecule has 9 heteroatoms. The second-order valence-electron chi connectivity index (χ2n) is 5.59. The van der Waals surface area contributed by atoms with Gasteiger partial charge in [0, 0.05) is 37.8 Å². The average molecular weight is 338 g/mol. The number of aromatic amines is 1. The molecule has 1 aromatic rings. The highest BCUT2D eigenvalue weighted by atomic mass is 16.6. The van der Waals surface area contributed by atoms with E-state index in [0.29, 0.717) is 6.42 Å². The number of nitrogens with one attached hydrogen (secondary N) is 4. The van der Waals surface area contributed by atoms with Gasteiger partial charge in [-0.3, -0.25) is 10.1 Å². The summed E-state index contributed by atoms with van der Waals surface area (Å²) in [5, 5.41) is 17.0. The molecule has 5 N–H and O–H groups in total. The van der Waals surface area contributed by atoms with Gasteiger partial charge in [0.15, 0.2) is 5.43 Å². The van der Waals surface area contributed by atoms with Crippen LogP contribution in [-0.4, -0.2) is 47.5 Å². The summed E-state index contributed by atoms with van der Waals surface area (Å²) < 4.78 is 5.20. The molecule has 0 spiro atoms. The number of aliphatic hydroxyl groups is 1. The van der Waals surface area contributed by atoms with Crippen LogP contribution in [0, 0.1) is 0 Å². The number of amides is 3. The molecule has 1 saturated carbocycles. The zero-order valence-electron chi connectivity index (χ0n) is 13.2. The van der Waals surface area contributed by atoms with E-state index in [4.69, 9.17) is 4.74 Å². The fourth-order valence-electron chi connectivity index (χ4n) is 2.45. The van der Waals surface area contributed by atoms with Gasteiger partial charge in [0.05, 0.1) is 6.10 Å². The van der Waals surface area contributed by atoms with Crippen molar-refractivity contribution in [1.29, 1.82) is 0 Å². The second kappa shape index (κ2) is 8.92. The SMILES string of the molecule is O=C(NCCNC(=O)OC1CCCC(O)C1)Nc1cc(=O)cc[nH]1. The molecule has 0 aromatic carbocycles. The number of urea groups is 1. The Morgan fingerprint density at radius 3 is 2.83 bits per heavy atom. The smallest absolute Gasteiger partial charge is 0.407 e. The number of alkyl carbamates (subject to hydrolysis) is 1. The fourth-order valence-corrected chi connectivity index (χ4v) is 2.45. The van der Waals surface area contributed by atoms with E-state index in [9.17, 15) is 19.5 Å². The minimum absolute atomic E-state index is 0.200. The Kier molecular flexibility index (Phi) is 6.62. The Hall–Kier alpha value is -2.55. The predicted octanol–water partition coefficient (Wildman–Crippen LogP) is 0.526. The summed E-state index contributed by atoms with van der Waals surface area (Å²) in [5.41, 5.74) is -0.221. The first-order chi connectivity index (χ1) is 11.5. The maximum Gasteiger partial charge on any atom is 0.407 e. The predicted molar refractivity (Wildman–Crippen MR) is 86.8 cm³/mol. The van der Waals surface area contributed by atoms with E-state index in [1.54, 1.807) is 0 Å². The number of hydrogen-bond donors (Lipinski definition) is 5. The third kappa shape index (κ3) is 6.29. The summed E-state index contributed by atoms with van der Waals surface area (Å²) in [6.07, 6.45) is 2.98. The molecule has 2 unspecified atom stereocenters. The molecule has 0 saturated heterocycles. The quantitative estimate of drug-likeness (QED) is 0.499. The van der Waals surface area contributed by atoms with E-state index < -0.39 is 18.2 Å². The Morgan fingerprint density at radius 2 is 2.08 bits per heavy atom. The lowest BCUT2D eigenvalue weighted by Gasteiger charge is -2.25. The third-order valence-electron chi connectivity index (χ3n) is 3.57. The van der Waals surface area contributed by atoms with Crippen LogP contribution in [0.4, 0.5) is 15.4 Å². The lowest BCUT2D eigenvalue weighted by molar-refractivity contribution is 0.0231. The van der Waals surface area contributed by atoms with Crippen molar-refractivity contribution in [2.45, 2.75) is 37.9 Å². The van der Waals surface area contributed by atoms with Crippen LogP contribution in [0.2, 0.25) is 0 Å². The zero-order valence-corrected chi connectivity index (χ0v) is 13.2. The van der Waals surface area contributed by atoms with Crippen LogP contribution < -0.4 is 21.4 Å². The molecule has 1 aromatic heterocycles. The normalized spacial score (nSPS) is 20.0. The van der Waals surface area contributed by atoms with Gasteiger partial charge in [-0.2, -0.15) is 0 Å². The van der Waals surface area contributed by atoms with Crippen LogP contribution in [0.5, 0.6) is 0 Å². The van der Waals surface area contributed by atoms with Gasteiger partial charge in [0.1, 0.15) is 11.9 Å². The molecule has 9 nitrogen and oxygen atoms in total. The number of carbonyl (C=O) groups excluding carboxylic acids is 2. The number of aromatic nitrogens is 1.